The molecule has 1 aliphatic rings. The van der Waals surface area contributed by atoms with Gasteiger partial charge in [0.1, 0.15) is 0 Å². The Morgan fingerprint density at radius 2 is 1.69 bits per heavy atom. The highest BCUT2D eigenvalue weighted by molar-refractivity contribution is 7.89. The van der Waals surface area contributed by atoms with Crippen molar-refractivity contribution < 1.29 is 22.7 Å². The molecule has 0 spiro atoms. The summed E-state index contributed by atoms with van der Waals surface area (Å²) in [4.78, 5) is 13.0. The monoisotopic (exact) mass is 460 g/mol. The van der Waals surface area contributed by atoms with E-state index in [1.807, 2.05) is 18.2 Å². The summed E-state index contributed by atoms with van der Waals surface area (Å²) in [7, 11) is -0.585. The lowest BCUT2D eigenvalue weighted by atomic mass is 9.95. The molecule has 1 saturated carbocycles. The lowest BCUT2D eigenvalue weighted by Gasteiger charge is -2.33. The van der Waals surface area contributed by atoms with Crippen molar-refractivity contribution in [1.82, 2.24) is 9.62 Å². The Morgan fingerprint density at radius 1 is 1.00 bits per heavy atom. The van der Waals surface area contributed by atoms with Gasteiger partial charge in [0.15, 0.2) is 11.5 Å². The van der Waals surface area contributed by atoms with Gasteiger partial charge in [-0.25, -0.2) is 8.42 Å². The fourth-order valence-corrected chi connectivity index (χ4v) is 5.75. The van der Waals surface area contributed by atoms with Crippen molar-refractivity contribution in [2.45, 2.75) is 49.5 Å². The van der Waals surface area contributed by atoms with Gasteiger partial charge in [0, 0.05) is 12.6 Å². The fourth-order valence-electron chi connectivity index (χ4n) is 4.09. The van der Waals surface area contributed by atoms with Gasteiger partial charge in [-0.15, -0.1) is 0 Å². The van der Waals surface area contributed by atoms with E-state index in [-0.39, 0.29) is 23.4 Å². The van der Waals surface area contributed by atoms with Crippen molar-refractivity contribution in [1.29, 1.82) is 0 Å². The average Bonchev–Trinajstić information content (AvgIpc) is 2.83. The number of hydrogen-bond donors (Lipinski definition) is 1. The molecule has 7 nitrogen and oxygen atoms in total. The number of hydrogen-bond acceptors (Lipinski definition) is 5. The predicted octanol–water partition coefficient (Wildman–Crippen LogP) is 3.39. The third-order valence-corrected chi connectivity index (χ3v) is 7.73. The quantitative estimate of drug-likeness (QED) is 0.588. The number of nitrogens with zero attached hydrogens (tertiary/aromatic N) is 1. The summed E-state index contributed by atoms with van der Waals surface area (Å²) in [6, 6.07) is 13.8. The molecular weight excluding hydrogens is 428 g/mol. The molecule has 0 heterocycles. The summed E-state index contributed by atoms with van der Waals surface area (Å²) in [5, 5.41) is 2.87. The highest BCUT2D eigenvalue weighted by Crippen LogP contribution is 2.28. The molecule has 2 aromatic rings. The van der Waals surface area contributed by atoms with Crippen molar-refractivity contribution >= 4 is 15.9 Å². The zero-order valence-electron chi connectivity index (χ0n) is 18.7. The molecule has 1 aliphatic carbocycles. The van der Waals surface area contributed by atoms with Gasteiger partial charge in [0.2, 0.25) is 15.9 Å². The van der Waals surface area contributed by atoms with Crippen LogP contribution in [0, 0.1) is 0 Å². The van der Waals surface area contributed by atoms with Crippen LogP contribution in [-0.2, 0) is 21.2 Å². The Bertz CT molecular complexity index is 989. The van der Waals surface area contributed by atoms with Crippen LogP contribution >= 0.6 is 0 Å². The summed E-state index contributed by atoms with van der Waals surface area (Å²) >= 11 is 0. The van der Waals surface area contributed by atoms with Gasteiger partial charge in [-0.2, -0.15) is 4.31 Å². The molecule has 0 aromatic heterocycles. The molecule has 0 bridgehead atoms. The van der Waals surface area contributed by atoms with Crippen molar-refractivity contribution in [2.75, 3.05) is 27.3 Å². The van der Waals surface area contributed by atoms with Gasteiger partial charge >= 0.3 is 0 Å². The Labute approximate surface area is 190 Å². The number of carbonyl (C=O) groups is 1. The third-order valence-electron chi connectivity index (χ3n) is 5.81. The maximum absolute atomic E-state index is 13.3. The van der Waals surface area contributed by atoms with Gasteiger partial charge in [0.05, 0.1) is 25.7 Å². The average molecular weight is 461 g/mol. The first-order valence-corrected chi connectivity index (χ1v) is 12.4. The highest BCUT2D eigenvalue weighted by atomic mass is 32.2. The van der Waals surface area contributed by atoms with Crippen LogP contribution in [0.5, 0.6) is 11.5 Å². The van der Waals surface area contributed by atoms with Crippen LogP contribution in [0.4, 0.5) is 0 Å². The van der Waals surface area contributed by atoms with Crippen molar-refractivity contribution in [3.63, 3.8) is 0 Å². The van der Waals surface area contributed by atoms with Crippen LogP contribution in [0.25, 0.3) is 0 Å². The molecule has 2 aromatic carbocycles. The third kappa shape index (κ3) is 6.01. The Balaban J connectivity index is 1.65. The second kappa shape index (κ2) is 11.3. The zero-order valence-corrected chi connectivity index (χ0v) is 19.6. The standard InChI is InChI=1S/C24H32N2O5S/c1-30-22-14-13-19(17-23(22)31-2)15-16-25-24(27)18-26(20-9-5-3-6-10-20)32(28,29)21-11-7-4-8-12-21/h4,7-8,11-14,17,20H,3,5-6,9-10,15-16,18H2,1-2H3,(H,25,27). The molecule has 32 heavy (non-hydrogen) atoms. The number of sulfonamides is 1. The number of rotatable bonds is 10. The number of methoxy groups -OCH3 is 2. The summed E-state index contributed by atoms with van der Waals surface area (Å²) in [6.45, 7) is 0.228. The van der Waals surface area contributed by atoms with Crippen molar-refractivity contribution in [2.24, 2.45) is 0 Å². The van der Waals surface area contributed by atoms with E-state index in [0.717, 1.165) is 37.7 Å². The molecule has 3 rings (SSSR count). The summed E-state index contributed by atoms with van der Waals surface area (Å²) in [6.07, 6.45) is 5.23. The number of nitrogens with one attached hydrogen (secondary N) is 1. The molecule has 0 radical (unpaired) electrons. The lowest BCUT2D eigenvalue weighted by molar-refractivity contribution is -0.121. The second-order valence-corrected chi connectivity index (χ2v) is 9.83. The molecule has 174 valence electrons. The van der Waals surface area contributed by atoms with Crippen LogP contribution in [0.1, 0.15) is 37.7 Å². The van der Waals surface area contributed by atoms with Crippen LogP contribution < -0.4 is 14.8 Å². The second-order valence-electron chi connectivity index (χ2n) is 7.94. The van der Waals surface area contributed by atoms with E-state index in [4.69, 9.17) is 9.47 Å². The van der Waals surface area contributed by atoms with E-state index in [0.29, 0.717) is 24.5 Å². The molecule has 0 aliphatic heterocycles. The molecular formula is C24H32N2O5S. The number of carbonyl (C=O) groups excluding carboxylic acids is 1. The maximum atomic E-state index is 13.3. The fraction of sp³-hybridized carbons (Fsp3) is 0.458. The van der Waals surface area contributed by atoms with Crippen molar-refractivity contribution in [3.05, 3.63) is 54.1 Å². The van der Waals surface area contributed by atoms with E-state index in [1.54, 1.807) is 44.6 Å². The van der Waals surface area contributed by atoms with E-state index in [9.17, 15) is 13.2 Å². The molecule has 8 heteroatoms. The smallest absolute Gasteiger partial charge is 0.243 e. The van der Waals surface area contributed by atoms with Gasteiger partial charge in [-0.1, -0.05) is 43.5 Å². The maximum Gasteiger partial charge on any atom is 0.243 e. The summed E-state index contributed by atoms with van der Waals surface area (Å²) in [5.41, 5.74) is 0.990. The molecule has 0 unspecified atom stereocenters. The minimum absolute atomic E-state index is 0.148. The predicted molar refractivity (Wildman–Crippen MR) is 123 cm³/mol. The zero-order chi connectivity index (χ0) is 23.0. The van der Waals surface area contributed by atoms with E-state index in [2.05, 4.69) is 5.32 Å². The first-order valence-electron chi connectivity index (χ1n) is 11.0. The van der Waals surface area contributed by atoms with Gasteiger partial charge in [-0.3, -0.25) is 4.79 Å². The van der Waals surface area contributed by atoms with Gasteiger partial charge < -0.3 is 14.8 Å². The number of amides is 1. The first kappa shape index (κ1) is 24.1. The molecule has 1 fully saturated rings. The minimum atomic E-state index is -3.75. The topological polar surface area (TPSA) is 84.9 Å². The minimum Gasteiger partial charge on any atom is -0.493 e. The Hall–Kier alpha value is -2.58. The summed E-state index contributed by atoms with van der Waals surface area (Å²) in [5.74, 6) is 0.985. The number of ether oxygens (including phenoxy) is 2. The van der Waals surface area contributed by atoms with Crippen LogP contribution in [-0.4, -0.2) is 52.0 Å². The normalized spacial score (nSPS) is 14.8. The lowest BCUT2D eigenvalue weighted by Crippen LogP contribution is -2.47. The van der Waals surface area contributed by atoms with E-state index < -0.39 is 10.0 Å². The first-order chi connectivity index (χ1) is 15.5. The molecule has 0 atom stereocenters. The largest absolute Gasteiger partial charge is 0.493 e. The van der Waals surface area contributed by atoms with Gasteiger partial charge in [-0.05, 0) is 49.1 Å². The van der Waals surface area contributed by atoms with Crippen LogP contribution in [0.15, 0.2) is 53.4 Å². The highest BCUT2D eigenvalue weighted by Gasteiger charge is 2.33. The Kier molecular flexibility index (Phi) is 8.53. The van der Waals surface area contributed by atoms with Crippen LogP contribution in [0.3, 0.4) is 0 Å². The molecule has 1 amide bonds. The Morgan fingerprint density at radius 3 is 2.34 bits per heavy atom. The van der Waals surface area contributed by atoms with Gasteiger partial charge in [0.25, 0.3) is 0 Å². The van der Waals surface area contributed by atoms with E-state index >= 15 is 0 Å². The molecule has 0 saturated heterocycles. The van der Waals surface area contributed by atoms with Crippen LogP contribution in [0.2, 0.25) is 0 Å². The van der Waals surface area contributed by atoms with E-state index in [1.165, 1.54) is 4.31 Å². The molecule has 1 N–H and O–H groups in total. The van der Waals surface area contributed by atoms with Crippen molar-refractivity contribution in [3.8, 4) is 11.5 Å². The summed E-state index contributed by atoms with van der Waals surface area (Å²) < 4.78 is 38.6. The SMILES string of the molecule is COc1ccc(CCNC(=O)CN(C2CCCCC2)S(=O)(=O)c2ccccc2)cc1OC. The number of benzene rings is 2.